The van der Waals surface area contributed by atoms with Gasteiger partial charge in [-0.15, -0.1) is 0 Å². The van der Waals surface area contributed by atoms with E-state index in [1.807, 2.05) is 13.0 Å². The van der Waals surface area contributed by atoms with Crippen molar-refractivity contribution in [1.82, 2.24) is 4.72 Å². The van der Waals surface area contributed by atoms with Crippen molar-refractivity contribution >= 4 is 39.0 Å². The Kier molecular flexibility index (Phi) is 7.45. The number of halogens is 1. The van der Waals surface area contributed by atoms with Gasteiger partial charge >= 0.3 is 0 Å². The van der Waals surface area contributed by atoms with Crippen LogP contribution in [0.15, 0.2) is 48.6 Å². The van der Waals surface area contributed by atoms with Crippen molar-refractivity contribution in [3.8, 4) is 5.75 Å². The van der Waals surface area contributed by atoms with Gasteiger partial charge in [0.2, 0.25) is 10.0 Å². The van der Waals surface area contributed by atoms with Crippen LogP contribution in [0.4, 0.5) is 5.69 Å². The van der Waals surface area contributed by atoms with E-state index < -0.39 is 21.2 Å². The Balaban J connectivity index is 1.46. The number of allylic oxidation sites excluding steroid dienone is 2. The third-order valence-corrected chi connectivity index (χ3v) is 12.5. The molecule has 5 atom stereocenters. The van der Waals surface area contributed by atoms with Crippen LogP contribution in [0.5, 0.6) is 5.75 Å². The number of ether oxygens (including phenoxy) is 1. The summed E-state index contributed by atoms with van der Waals surface area (Å²) in [5.74, 6) is -0.301. The van der Waals surface area contributed by atoms with Gasteiger partial charge in [-0.3, -0.25) is 9.59 Å². The van der Waals surface area contributed by atoms with Gasteiger partial charge in [0.1, 0.15) is 5.75 Å². The first-order valence-corrected chi connectivity index (χ1v) is 16.9. The number of anilines is 1. The van der Waals surface area contributed by atoms with Crippen molar-refractivity contribution in [2.24, 2.45) is 17.3 Å². The van der Waals surface area contributed by atoms with E-state index >= 15 is 0 Å². The number of aryl methyl sites for hydroxylation is 1. The van der Waals surface area contributed by atoms with Crippen molar-refractivity contribution in [3.05, 3.63) is 70.3 Å². The number of rotatable bonds is 0. The standard InChI is InChI=1S/C33H39ClN2O5S/c1-21-6-4-8-29(37)27-13-15-32(27,3)18-36-19-33(14-5-7-23-16-25(34)10-11-26(23)33)20-41-30-12-9-24(17-28(30)36)31(38)35-42(39,40)22(21)2/h4,8-12,16-17,21-22,27H,5-7,13-15,18-20H2,1-3H3,(H,35,38)/b8-4+/t21-,22+,27-,32?,33-/m0/s1. The van der Waals surface area contributed by atoms with Crippen molar-refractivity contribution < 1.29 is 22.7 Å². The molecule has 4 aliphatic rings. The van der Waals surface area contributed by atoms with Crippen molar-refractivity contribution in [2.45, 2.75) is 70.0 Å². The number of ketones is 1. The van der Waals surface area contributed by atoms with Gasteiger partial charge in [-0.25, -0.2) is 13.1 Å². The maximum Gasteiger partial charge on any atom is 0.264 e. The minimum atomic E-state index is -3.94. The summed E-state index contributed by atoms with van der Waals surface area (Å²) in [6, 6.07) is 11.3. The number of carbonyl (C=O) groups is 2. The molecule has 1 spiro atoms. The lowest BCUT2D eigenvalue weighted by Crippen LogP contribution is -2.53. The third kappa shape index (κ3) is 5.15. The van der Waals surface area contributed by atoms with Gasteiger partial charge in [-0.2, -0.15) is 0 Å². The molecule has 224 valence electrons. The minimum absolute atomic E-state index is 0.0965. The van der Waals surface area contributed by atoms with Crippen LogP contribution < -0.4 is 14.4 Å². The van der Waals surface area contributed by atoms with Gasteiger partial charge in [0.25, 0.3) is 5.91 Å². The highest BCUT2D eigenvalue weighted by Crippen LogP contribution is 2.51. The molecule has 0 aromatic heterocycles. The maximum absolute atomic E-state index is 13.4. The molecule has 2 heterocycles. The highest BCUT2D eigenvalue weighted by atomic mass is 35.5. The molecular formula is C33H39ClN2O5S. The molecule has 9 heteroatoms. The number of amides is 1. The molecule has 6 rings (SSSR count). The molecule has 42 heavy (non-hydrogen) atoms. The molecule has 1 amide bonds. The van der Waals surface area contributed by atoms with Gasteiger partial charge in [-0.1, -0.05) is 37.6 Å². The number of nitrogens with zero attached hydrogens (tertiary/aromatic N) is 1. The van der Waals surface area contributed by atoms with E-state index in [0.29, 0.717) is 31.9 Å². The molecular weight excluding hydrogens is 572 g/mol. The van der Waals surface area contributed by atoms with Gasteiger partial charge in [0, 0.05) is 35.0 Å². The maximum atomic E-state index is 13.4. The average molecular weight is 611 g/mol. The molecule has 2 aromatic carbocycles. The van der Waals surface area contributed by atoms with Gasteiger partial charge < -0.3 is 9.64 Å². The van der Waals surface area contributed by atoms with Crippen LogP contribution in [-0.2, 0) is 26.7 Å². The van der Waals surface area contributed by atoms with Crippen molar-refractivity contribution in [1.29, 1.82) is 0 Å². The first-order chi connectivity index (χ1) is 19.9. The van der Waals surface area contributed by atoms with E-state index in [1.54, 1.807) is 37.3 Å². The van der Waals surface area contributed by atoms with Crippen LogP contribution in [0.25, 0.3) is 0 Å². The predicted molar refractivity (Wildman–Crippen MR) is 165 cm³/mol. The second-order valence-corrected chi connectivity index (χ2v) is 15.7. The third-order valence-electron chi connectivity index (χ3n) is 10.4. The summed E-state index contributed by atoms with van der Waals surface area (Å²) < 4.78 is 35.1. The molecule has 0 saturated heterocycles. The summed E-state index contributed by atoms with van der Waals surface area (Å²) in [7, 11) is -3.94. The number of nitrogens with one attached hydrogen (secondary N) is 1. The van der Waals surface area contributed by atoms with Crippen LogP contribution in [0.2, 0.25) is 5.02 Å². The van der Waals surface area contributed by atoms with Crippen molar-refractivity contribution in [2.75, 3.05) is 24.6 Å². The molecule has 1 N–H and O–H groups in total. The Bertz CT molecular complexity index is 1570. The molecule has 1 unspecified atom stereocenters. The van der Waals surface area contributed by atoms with E-state index in [9.17, 15) is 18.0 Å². The summed E-state index contributed by atoms with van der Waals surface area (Å²) in [6.45, 7) is 7.36. The van der Waals surface area contributed by atoms with Crippen molar-refractivity contribution in [3.63, 3.8) is 0 Å². The Labute approximate surface area is 253 Å². The fourth-order valence-corrected chi connectivity index (χ4v) is 8.90. The zero-order valence-electron chi connectivity index (χ0n) is 24.5. The Morgan fingerprint density at radius 2 is 1.88 bits per heavy atom. The number of hydrogen-bond acceptors (Lipinski definition) is 6. The number of benzene rings is 2. The van der Waals surface area contributed by atoms with Crippen LogP contribution in [0, 0.1) is 17.3 Å². The van der Waals surface area contributed by atoms with Gasteiger partial charge in [-0.05, 0) is 104 Å². The van der Waals surface area contributed by atoms with Crippen LogP contribution in [0.1, 0.15) is 74.4 Å². The molecule has 0 radical (unpaired) electrons. The minimum Gasteiger partial charge on any atom is -0.490 e. The first kappa shape index (κ1) is 29.2. The fraction of sp³-hybridized carbons (Fsp3) is 0.515. The SMILES string of the molecule is C[C@@H]1[C@@H](C)C/C=C/C(=O)[C@@H]2CCC2(C)CN2C[C@@]3(CCCc4cc(Cl)ccc43)COc3ccc(cc32)C(=O)NS1(=O)=O. The average Bonchev–Trinajstić information content (AvgIpc) is 3.08. The molecule has 7 nitrogen and oxygen atoms in total. The summed E-state index contributed by atoms with van der Waals surface area (Å²) in [6.07, 6.45) is 8.52. The van der Waals surface area contributed by atoms with E-state index in [-0.39, 0.29) is 34.0 Å². The second-order valence-electron chi connectivity index (χ2n) is 13.2. The number of carbonyl (C=O) groups excluding carboxylic acids is 2. The lowest BCUT2D eigenvalue weighted by molar-refractivity contribution is -0.127. The number of sulfonamides is 1. The van der Waals surface area contributed by atoms with Crippen LogP contribution in [-0.4, -0.2) is 45.1 Å². The highest BCUT2D eigenvalue weighted by molar-refractivity contribution is 7.90. The van der Waals surface area contributed by atoms with E-state index in [2.05, 4.69) is 28.7 Å². The molecule has 2 aromatic rings. The number of fused-ring (bicyclic) bond motifs is 4. The van der Waals surface area contributed by atoms with Crippen LogP contribution >= 0.6 is 11.6 Å². The zero-order valence-corrected chi connectivity index (χ0v) is 26.1. The van der Waals surface area contributed by atoms with Gasteiger partial charge in [0.05, 0.1) is 17.5 Å². The monoisotopic (exact) mass is 610 g/mol. The quantitative estimate of drug-likeness (QED) is 0.403. The molecule has 2 aliphatic heterocycles. The summed E-state index contributed by atoms with van der Waals surface area (Å²) >= 11 is 6.39. The Hall–Kier alpha value is -2.84. The van der Waals surface area contributed by atoms with Crippen LogP contribution in [0.3, 0.4) is 0 Å². The first-order valence-electron chi connectivity index (χ1n) is 15.0. The summed E-state index contributed by atoms with van der Waals surface area (Å²) in [5.41, 5.74) is 2.94. The predicted octanol–water partition coefficient (Wildman–Crippen LogP) is 5.84. The van der Waals surface area contributed by atoms with E-state index in [0.717, 1.165) is 42.8 Å². The fourth-order valence-electron chi connectivity index (χ4n) is 7.42. The lowest BCUT2D eigenvalue weighted by Gasteiger charge is -2.50. The Morgan fingerprint density at radius 3 is 2.64 bits per heavy atom. The second kappa shape index (κ2) is 10.7. The highest BCUT2D eigenvalue weighted by Gasteiger charge is 2.49. The van der Waals surface area contributed by atoms with E-state index in [1.165, 1.54) is 11.1 Å². The summed E-state index contributed by atoms with van der Waals surface area (Å²) in [5, 5.41) is -0.0946. The Morgan fingerprint density at radius 1 is 1.07 bits per heavy atom. The molecule has 1 saturated carbocycles. The van der Waals surface area contributed by atoms with E-state index in [4.69, 9.17) is 16.3 Å². The summed E-state index contributed by atoms with van der Waals surface area (Å²) in [4.78, 5) is 29.1. The lowest BCUT2D eigenvalue weighted by atomic mass is 9.59. The topological polar surface area (TPSA) is 92.8 Å². The van der Waals surface area contributed by atoms with Gasteiger partial charge in [0.15, 0.2) is 5.78 Å². The normalized spacial score (nSPS) is 33.3. The molecule has 2 bridgehead atoms. The molecule has 2 aliphatic carbocycles. The molecule has 1 fully saturated rings. The zero-order chi connectivity index (χ0) is 29.9. The smallest absolute Gasteiger partial charge is 0.264 e. The largest absolute Gasteiger partial charge is 0.490 e. The number of hydrogen-bond donors (Lipinski definition) is 1.